The van der Waals surface area contributed by atoms with Gasteiger partial charge in [0.25, 0.3) is 0 Å². The van der Waals surface area contributed by atoms with Gasteiger partial charge in [-0.05, 0) is 52.1 Å². The molecule has 0 amide bonds. The van der Waals surface area contributed by atoms with Gasteiger partial charge in [-0.15, -0.1) is 13.2 Å². The van der Waals surface area contributed by atoms with Crippen LogP contribution in [0.4, 0.5) is 30.5 Å². The largest absolute Gasteiger partial charge is 0.573 e. The summed E-state index contributed by atoms with van der Waals surface area (Å²) < 4.78 is 42.8. The van der Waals surface area contributed by atoms with Crippen molar-refractivity contribution in [1.29, 1.82) is 0 Å². The summed E-state index contributed by atoms with van der Waals surface area (Å²) in [5.41, 5.74) is 19.1. The zero-order valence-corrected chi connectivity index (χ0v) is 17.9. The molecule has 0 aliphatic rings. The molecule has 0 radical (unpaired) electrons. The average molecular weight is 469 g/mol. The van der Waals surface area contributed by atoms with Crippen LogP contribution in [0.2, 0.25) is 0 Å². The molecule has 2 heterocycles. The Labute approximate surface area is 193 Å². The zero-order valence-electron chi connectivity index (χ0n) is 17.9. The van der Waals surface area contributed by atoms with Crippen LogP contribution in [0, 0.1) is 0 Å². The first-order chi connectivity index (χ1) is 16.2. The lowest BCUT2D eigenvalue weighted by atomic mass is 10.0. The third kappa shape index (κ3) is 5.56. The molecule has 2 aromatic heterocycles. The van der Waals surface area contributed by atoms with Crippen molar-refractivity contribution < 1.29 is 17.9 Å². The number of rotatable bonds is 7. The number of benzene rings is 2. The normalized spacial score (nSPS) is 11.4. The minimum atomic E-state index is -4.72. The molecule has 0 unspecified atom stereocenters. The number of nitrogens with two attached hydrogens (primary N) is 3. The number of halogens is 3. The zero-order chi connectivity index (χ0) is 24.3. The summed E-state index contributed by atoms with van der Waals surface area (Å²) in [6.45, 7) is 0.507. The number of pyridine rings is 1. The SMILES string of the molecule is NNc1nc(N)cc(Cc2cnn(Cc3cccc(-c4ccc(OC(F)(F)F)cc4)c3)c2)c1N. The fraction of sp³-hybridized carbons (Fsp3) is 0.130. The van der Waals surface area contributed by atoms with E-state index in [1.54, 1.807) is 29.1 Å². The Balaban J connectivity index is 1.47. The third-order valence-electron chi connectivity index (χ3n) is 5.07. The number of alkyl halides is 3. The molecule has 176 valence electrons. The number of hydrazine groups is 1. The molecule has 0 aliphatic carbocycles. The number of ether oxygens (including phenoxy) is 1. The standard InChI is InChI=1S/C23H22F3N7O/c24-23(25,26)34-19-6-4-16(5-7-19)17-3-1-2-14(8-17)12-33-13-15(11-30-33)9-18-10-20(27)31-22(32-29)21(18)28/h1-8,10-11,13H,9,12,28-29H2,(H3,27,31,32). The molecule has 0 fully saturated rings. The fourth-order valence-electron chi connectivity index (χ4n) is 3.58. The van der Waals surface area contributed by atoms with Crippen LogP contribution in [0.25, 0.3) is 11.1 Å². The van der Waals surface area contributed by atoms with Crippen molar-refractivity contribution in [2.45, 2.75) is 19.3 Å². The summed E-state index contributed by atoms with van der Waals surface area (Å²) in [7, 11) is 0. The van der Waals surface area contributed by atoms with Crippen LogP contribution in [-0.4, -0.2) is 21.1 Å². The Morgan fingerprint density at radius 3 is 2.44 bits per heavy atom. The van der Waals surface area contributed by atoms with Crippen LogP contribution in [0.5, 0.6) is 5.75 Å². The number of nitrogens with zero attached hydrogens (tertiary/aromatic N) is 3. The Morgan fingerprint density at radius 1 is 0.971 bits per heavy atom. The number of hydrogen-bond donors (Lipinski definition) is 4. The maximum absolute atomic E-state index is 12.4. The van der Waals surface area contributed by atoms with Gasteiger partial charge >= 0.3 is 6.36 Å². The second kappa shape index (κ2) is 9.32. The summed E-state index contributed by atoms with van der Waals surface area (Å²) >= 11 is 0. The summed E-state index contributed by atoms with van der Waals surface area (Å²) in [6.07, 6.45) is -0.570. The van der Waals surface area contributed by atoms with Crippen molar-refractivity contribution in [3.8, 4) is 16.9 Å². The van der Waals surface area contributed by atoms with Crippen LogP contribution < -0.4 is 27.5 Å². The first kappa shape index (κ1) is 22.9. The van der Waals surface area contributed by atoms with Gasteiger partial charge in [0.05, 0.1) is 18.4 Å². The number of hydrogen-bond acceptors (Lipinski definition) is 7. The van der Waals surface area contributed by atoms with Crippen molar-refractivity contribution >= 4 is 17.3 Å². The van der Waals surface area contributed by atoms with E-state index >= 15 is 0 Å². The highest BCUT2D eigenvalue weighted by Gasteiger charge is 2.30. The summed E-state index contributed by atoms with van der Waals surface area (Å²) in [5.74, 6) is 5.80. The lowest BCUT2D eigenvalue weighted by Gasteiger charge is -2.10. The lowest BCUT2D eigenvalue weighted by molar-refractivity contribution is -0.274. The molecule has 34 heavy (non-hydrogen) atoms. The number of anilines is 3. The average Bonchev–Trinajstić information content (AvgIpc) is 3.22. The minimum Gasteiger partial charge on any atom is -0.406 e. The Kier molecular flexibility index (Phi) is 6.28. The number of aromatic nitrogens is 3. The summed E-state index contributed by atoms with van der Waals surface area (Å²) in [5, 5.41) is 4.42. The maximum Gasteiger partial charge on any atom is 0.573 e. The van der Waals surface area contributed by atoms with Crippen LogP contribution in [0.1, 0.15) is 16.7 Å². The van der Waals surface area contributed by atoms with Crippen molar-refractivity contribution in [2.24, 2.45) is 5.84 Å². The molecule has 4 aromatic rings. The highest BCUT2D eigenvalue weighted by molar-refractivity contribution is 5.69. The predicted molar refractivity (Wildman–Crippen MR) is 124 cm³/mol. The van der Waals surface area contributed by atoms with Gasteiger partial charge in [0.2, 0.25) is 0 Å². The van der Waals surface area contributed by atoms with Gasteiger partial charge in [-0.3, -0.25) is 4.68 Å². The van der Waals surface area contributed by atoms with Gasteiger partial charge in [0.1, 0.15) is 11.6 Å². The first-order valence-electron chi connectivity index (χ1n) is 10.2. The van der Waals surface area contributed by atoms with E-state index in [-0.39, 0.29) is 5.75 Å². The van der Waals surface area contributed by atoms with Crippen molar-refractivity contribution in [3.05, 3.63) is 83.7 Å². The van der Waals surface area contributed by atoms with E-state index < -0.39 is 6.36 Å². The van der Waals surface area contributed by atoms with Gasteiger partial charge in [-0.1, -0.05) is 30.3 Å². The summed E-state index contributed by atoms with van der Waals surface area (Å²) in [4.78, 5) is 4.05. The highest BCUT2D eigenvalue weighted by Crippen LogP contribution is 2.28. The van der Waals surface area contributed by atoms with Crippen LogP contribution in [0.15, 0.2) is 67.0 Å². The van der Waals surface area contributed by atoms with Gasteiger partial charge in [0, 0.05) is 12.6 Å². The second-order valence-corrected chi connectivity index (χ2v) is 7.61. The van der Waals surface area contributed by atoms with E-state index in [4.69, 9.17) is 17.3 Å². The Bertz CT molecular complexity index is 1290. The van der Waals surface area contributed by atoms with Gasteiger partial charge in [-0.2, -0.15) is 5.10 Å². The van der Waals surface area contributed by atoms with E-state index in [2.05, 4.69) is 20.2 Å². The van der Waals surface area contributed by atoms with E-state index in [9.17, 15) is 13.2 Å². The van der Waals surface area contributed by atoms with E-state index in [1.807, 2.05) is 30.5 Å². The molecule has 7 N–H and O–H groups in total. The van der Waals surface area contributed by atoms with Gasteiger partial charge in [-0.25, -0.2) is 10.8 Å². The molecule has 0 spiro atoms. The van der Waals surface area contributed by atoms with E-state index in [0.717, 1.165) is 27.8 Å². The quantitative estimate of drug-likeness (QED) is 0.238. The Morgan fingerprint density at radius 2 is 1.74 bits per heavy atom. The fourth-order valence-corrected chi connectivity index (χ4v) is 3.58. The van der Waals surface area contributed by atoms with E-state index in [1.165, 1.54) is 12.1 Å². The smallest absolute Gasteiger partial charge is 0.406 e. The number of nitrogens with one attached hydrogen (secondary N) is 1. The van der Waals surface area contributed by atoms with Crippen LogP contribution >= 0.6 is 0 Å². The maximum atomic E-state index is 12.4. The molecular weight excluding hydrogens is 447 g/mol. The van der Waals surface area contributed by atoms with Crippen molar-refractivity contribution in [2.75, 3.05) is 16.9 Å². The molecule has 8 nitrogen and oxygen atoms in total. The van der Waals surface area contributed by atoms with Gasteiger partial charge < -0.3 is 21.6 Å². The van der Waals surface area contributed by atoms with E-state index in [0.29, 0.717) is 30.3 Å². The van der Waals surface area contributed by atoms with Gasteiger partial charge in [0.15, 0.2) is 5.82 Å². The molecular formula is C23H22F3N7O. The topological polar surface area (TPSA) is 130 Å². The van der Waals surface area contributed by atoms with Crippen molar-refractivity contribution in [3.63, 3.8) is 0 Å². The van der Waals surface area contributed by atoms with Crippen LogP contribution in [0.3, 0.4) is 0 Å². The molecule has 0 atom stereocenters. The highest BCUT2D eigenvalue weighted by atomic mass is 19.4. The van der Waals surface area contributed by atoms with Crippen LogP contribution in [-0.2, 0) is 13.0 Å². The molecule has 4 rings (SSSR count). The second-order valence-electron chi connectivity index (χ2n) is 7.61. The summed E-state index contributed by atoms with van der Waals surface area (Å²) in [6, 6.07) is 15.1. The van der Waals surface area contributed by atoms with Crippen molar-refractivity contribution in [1.82, 2.24) is 14.8 Å². The lowest BCUT2D eigenvalue weighted by Crippen LogP contribution is -2.16. The third-order valence-corrected chi connectivity index (χ3v) is 5.07. The molecule has 0 aliphatic heterocycles. The molecule has 0 bridgehead atoms. The first-order valence-corrected chi connectivity index (χ1v) is 10.2. The Hall–Kier alpha value is -4.25. The predicted octanol–water partition coefficient (Wildman–Crippen LogP) is 3.93. The molecule has 0 saturated carbocycles. The molecule has 0 saturated heterocycles. The molecule has 2 aromatic carbocycles. The number of nitrogen functional groups attached to an aromatic ring is 3. The molecule has 11 heteroatoms. The minimum absolute atomic E-state index is 0.262. The monoisotopic (exact) mass is 469 g/mol.